The van der Waals surface area contributed by atoms with Gasteiger partial charge in [0.15, 0.2) is 11.5 Å². The van der Waals surface area contributed by atoms with Gasteiger partial charge in [-0.15, -0.1) is 11.3 Å². The predicted molar refractivity (Wildman–Crippen MR) is 135 cm³/mol. The normalized spacial score (nSPS) is 15.4. The number of carbonyl (C=O) groups excluding carboxylic acids is 2. The molecule has 0 unspecified atom stereocenters. The molecule has 0 spiro atoms. The first-order chi connectivity index (χ1) is 17.2. The Morgan fingerprint density at radius 2 is 1.66 bits per heavy atom. The summed E-state index contributed by atoms with van der Waals surface area (Å²) < 4.78 is 11.3. The number of piperazine rings is 1. The van der Waals surface area contributed by atoms with Crippen LogP contribution in [-0.4, -0.2) is 66.0 Å². The van der Waals surface area contributed by atoms with E-state index in [1.165, 1.54) is 11.3 Å². The molecule has 0 bridgehead atoms. The third-order valence-electron chi connectivity index (χ3n) is 6.58. The van der Waals surface area contributed by atoms with Crippen LogP contribution < -0.4 is 9.47 Å². The molecular formula is C27H25N3O4S. The third kappa shape index (κ3) is 4.25. The molecule has 7 nitrogen and oxygen atoms in total. The summed E-state index contributed by atoms with van der Waals surface area (Å²) in [5.41, 5.74) is 3.05. The lowest BCUT2D eigenvalue weighted by atomic mass is 10.1. The molecule has 1 N–H and O–H groups in total. The molecule has 4 aromatic rings. The Bertz CT molecular complexity index is 1400. The monoisotopic (exact) mass is 487 g/mol. The number of hydrogen-bond acceptors (Lipinski definition) is 5. The van der Waals surface area contributed by atoms with Gasteiger partial charge < -0.3 is 24.3 Å². The SMILES string of the molecule is O=C(Cc1c[nH]c2ccccc12)N1CCN(C(=O)c2ccc(-c3ccc4c(c3)OCCO4)s2)CC1. The number of aromatic nitrogens is 1. The van der Waals surface area contributed by atoms with Crippen LogP contribution in [0.4, 0.5) is 0 Å². The highest BCUT2D eigenvalue weighted by Crippen LogP contribution is 2.37. The molecule has 1 fully saturated rings. The molecule has 8 heteroatoms. The van der Waals surface area contributed by atoms with E-state index < -0.39 is 0 Å². The molecule has 2 aliphatic rings. The molecule has 6 rings (SSSR count). The van der Waals surface area contributed by atoms with Crippen LogP contribution >= 0.6 is 11.3 Å². The van der Waals surface area contributed by atoms with Crippen LogP contribution in [0.15, 0.2) is 60.8 Å². The number of nitrogens with one attached hydrogen (secondary N) is 1. The van der Waals surface area contributed by atoms with Crippen molar-refractivity contribution in [1.82, 2.24) is 14.8 Å². The first-order valence-electron chi connectivity index (χ1n) is 11.8. The molecule has 2 aromatic heterocycles. The number of para-hydroxylation sites is 1. The van der Waals surface area contributed by atoms with Crippen LogP contribution in [0.1, 0.15) is 15.2 Å². The Morgan fingerprint density at radius 3 is 2.51 bits per heavy atom. The summed E-state index contributed by atoms with van der Waals surface area (Å²) >= 11 is 1.48. The summed E-state index contributed by atoms with van der Waals surface area (Å²) in [5.74, 6) is 1.61. The second-order valence-electron chi connectivity index (χ2n) is 8.73. The lowest BCUT2D eigenvalue weighted by Crippen LogP contribution is -2.50. The maximum Gasteiger partial charge on any atom is 0.264 e. The third-order valence-corrected chi connectivity index (χ3v) is 7.70. The van der Waals surface area contributed by atoms with Gasteiger partial charge in [-0.3, -0.25) is 9.59 Å². The molecule has 1 saturated heterocycles. The Morgan fingerprint density at radius 1 is 0.886 bits per heavy atom. The zero-order valence-corrected chi connectivity index (χ0v) is 20.0. The second kappa shape index (κ2) is 9.11. The van der Waals surface area contributed by atoms with Crippen LogP contribution in [0.2, 0.25) is 0 Å². The van der Waals surface area contributed by atoms with Gasteiger partial charge in [-0.2, -0.15) is 0 Å². The minimum atomic E-state index is 0.0162. The number of rotatable bonds is 4. The number of carbonyl (C=O) groups is 2. The van der Waals surface area contributed by atoms with Gasteiger partial charge >= 0.3 is 0 Å². The Labute approximate surface area is 206 Å². The summed E-state index contributed by atoms with van der Waals surface area (Å²) in [6.07, 6.45) is 2.28. The number of aromatic amines is 1. The number of benzene rings is 2. The molecule has 178 valence electrons. The highest BCUT2D eigenvalue weighted by atomic mass is 32.1. The largest absolute Gasteiger partial charge is 0.486 e. The maximum absolute atomic E-state index is 13.1. The first kappa shape index (κ1) is 21.7. The molecule has 4 heterocycles. The van der Waals surface area contributed by atoms with E-state index in [1.54, 1.807) is 0 Å². The second-order valence-corrected chi connectivity index (χ2v) is 9.82. The summed E-state index contributed by atoms with van der Waals surface area (Å²) in [6.45, 7) is 3.28. The van der Waals surface area contributed by atoms with Gasteiger partial charge in [-0.25, -0.2) is 0 Å². The first-order valence-corrected chi connectivity index (χ1v) is 12.6. The molecule has 2 aromatic carbocycles. The number of fused-ring (bicyclic) bond motifs is 2. The average Bonchev–Trinajstić information content (AvgIpc) is 3.56. The standard InChI is InChI=1S/C27H25N3O4S/c31-26(16-19-17-28-21-4-2-1-3-20(19)21)29-9-11-30(12-10-29)27(32)25-8-7-24(35-25)18-5-6-22-23(15-18)34-14-13-33-22/h1-8,15,17,28H,9-14,16H2. The number of thiophene rings is 1. The van der Waals surface area contributed by atoms with E-state index in [4.69, 9.17) is 9.47 Å². The molecule has 35 heavy (non-hydrogen) atoms. The van der Waals surface area contributed by atoms with Crippen LogP contribution in [0.25, 0.3) is 21.3 Å². The van der Waals surface area contributed by atoms with Crippen molar-refractivity contribution in [3.8, 4) is 21.9 Å². The molecule has 2 aliphatic heterocycles. The summed E-state index contributed by atoms with van der Waals surface area (Å²) in [6, 6.07) is 17.7. The van der Waals surface area contributed by atoms with Crippen LogP contribution in [-0.2, 0) is 11.2 Å². The van der Waals surface area contributed by atoms with Gasteiger partial charge in [0.1, 0.15) is 13.2 Å². The Hall–Kier alpha value is -3.78. The van der Waals surface area contributed by atoms with E-state index in [1.807, 2.05) is 70.6 Å². The molecule has 0 aliphatic carbocycles. The fourth-order valence-corrected chi connectivity index (χ4v) is 5.64. The number of amides is 2. The minimum absolute atomic E-state index is 0.0162. The van der Waals surface area contributed by atoms with E-state index >= 15 is 0 Å². The summed E-state index contributed by atoms with van der Waals surface area (Å²) in [5, 5.41) is 1.08. The highest BCUT2D eigenvalue weighted by molar-refractivity contribution is 7.17. The highest BCUT2D eigenvalue weighted by Gasteiger charge is 2.26. The molecule has 0 atom stereocenters. The van der Waals surface area contributed by atoms with Crippen molar-refractivity contribution < 1.29 is 19.1 Å². The number of hydrogen-bond donors (Lipinski definition) is 1. The van der Waals surface area contributed by atoms with Crippen molar-refractivity contribution in [1.29, 1.82) is 0 Å². The van der Waals surface area contributed by atoms with E-state index in [9.17, 15) is 9.59 Å². The van der Waals surface area contributed by atoms with Gasteiger partial charge in [0.2, 0.25) is 5.91 Å². The van der Waals surface area contributed by atoms with Crippen molar-refractivity contribution in [3.05, 3.63) is 71.2 Å². The molecule has 2 amide bonds. The van der Waals surface area contributed by atoms with Crippen LogP contribution in [0.5, 0.6) is 11.5 Å². The van der Waals surface area contributed by atoms with Crippen molar-refractivity contribution >= 4 is 34.1 Å². The minimum Gasteiger partial charge on any atom is -0.486 e. The fourth-order valence-electron chi connectivity index (χ4n) is 4.67. The van der Waals surface area contributed by atoms with Gasteiger partial charge in [-0.1, -0.05) is 18.2 Å². The lowest BCUT2D eigenvalue weighted by Gasteiger charge is -2.34. The quantitative estimate of drug-likeness (QED) is 0.468. The van der Waals surface area contributed by atoms with Crippen molar-refractivity contribution in [2.75, 3.05) is 39.4 Å². The Kier molecular flexibility index (Phi) is 5.66. The van der Waals surface area contributed by atoms with Crippen molar-refractivity contribution in [3.63, 3.8) is 0 Å². The maximum atomic E-state index is 13.1. The summed E-state index contributed by atoms with van der Waals surface area (Å²) in [4.78, 5) is 34.7. The summed E-state index contributed by atoms with van der Waals surface area (Å²) in [7, 11) is 0. The smallest absolute Gasteiger partial charge is 0.264 e. The van der Waals surface area contributed by atoms with Gasteiger partial charge in [-0.05, 0) is 47.5 Å². The van der Waals surface area contributed by atoms with E-state index in [2.05, 4.69) is 4.98 Å². The number of ether oxygens (including phenoxy) is 2. The zero-order chi connectivity index (χ0) is 23.8. The molecule has 0 radical (unpaired) electrons. The van der Waals surface area contributed by atoms with Crippen LogP contribution in [0, 0.1) is 0 Å². The van der Waals surface area contributed by atoms with Gasteiger partial charge in [0.25, 0.3) is 5.91 Å². The zero-order valence-electron chi connectivity index (χ0n) is 19.2. The number of H-pyrrole nitrogens is 1. The van der Waals surface area contributed by atoms with Crippen molar-refractivity contribution in [2.24, 2.45) is 0 Å². The number of nitrogens with zero attached hydrogens (tertiary/aromatic N) is 2. The van der Waals surface area contributed by atoms with Gasteiger partial charge in [0.05, 0.1) is 11.3 Å². The van der Waals surface area contributed by atoms with E-state index in [0.29, 0.717) is 50.7 Å². The fraction of sp³-hybridized carbons (Fsp3) is 0.259. The van der Waals surface area contributed by atoms with Crippen LogP contribution in [0.3, 0.4) is 0 Å². The van der Waals surface area contributed by atoms with E-state index in [-0.39, 0.29) is 11.8 Å². The predicted octanol–water partition coefficient (Wildman–Crippen LogP) is 4.19. The van der Waals surface area contributed by atoms with E-state index in [0.717, 1.165) is 38.4 Å². The molecule has 0 saturated carbocycles. The van der Waals surface area contributed by atoms with Gasteiger partial charge in [0, 0.05) is 48.2 Å². The Balaban J connectivity index is 1.08. The lowest BCUT2D eigenvalue weighted by molar-refractivity contribution is -0.131. The molecular weight excluding hydrogens is 462 g/mol. The topological polar surface area (TPSA) is 74.9 Å². The van der Waals surface area contributed by atoms with Crippen molar-refractivity contribution in [2.45, 2.75) is 6.42 Å². The average molecular weight is 488 g/mol.